The number of halogens is 1. The second-order valence-electron chi connectivity index (χ2n) is 6.36. The van der Waals surface area contributed by atoms with E-state index in [0.29, 0.717) is 0 Å². The van der Waals surface area contributed by atoms with Gasteiger partial charge in [-0.2, -0.15) is 0 Å². The molecule has 19 heavy (non-hydrogen) atoms. The van der Waals surface area contributed by atoms with Crippen molar-refractivity contribution in [3.8, 4) is 0 Å². The summed E-state index contributed by atoms with van der Waals surface area (Å²) in [6, 6.07) is 8.02. The maximum absolute atomic E-state index is 13.2. The first-order chi connectivity index (χ1) is 9.28. The lowest BCUT2D eigenvalue weighted by molar-refractivity contribution is 0.346. The van der Waals surface area contributed by atoms with E-state index in [9.17, 15) is 4.39 Å². The molecule has 0 atom stereocenters. The van der Waals surface area contributed by atoms with E-state index >= 15 is 0 Å². The van der Waals surface area contributed by atoms with Crippen molar-refractivity contribution in [3.05, 3.63) is 35.6 Å². The molecule has 0 saturated heterocycles. The fourth-order valence-electron chi connectivity index (χ4n) is 3.40. The molecule has 2 aliphatic carbocycles. The van der Waals surface area contributed by atoms with Gasteiger partial charge < -0.3 is 5.32 Å². The number of benzene rings is 1. The van der Waals surface area contributed by atoms with Crippen molar-refractivity contribution in [2.45, 2.75) is 62.8 Å². The Morgan fingerprint density at radius 3 is 2.21 bits per heavy atom. The third-order valence-electron chi connectivity index (χ3n) is 4.82. The molecule has 1 N–H and O–H groups in total. The van der Waals surface area contributed by atoms with Crippen molar-refractivity contribution in [2.24, 2.45) is 0 Å². The lowest BCUT2D eigenvalue weighted by Gasteiger charge is -2.34. The zero-order chi connectivity index (χ0) is 13.1. The van der Waals surface area contributed by atoms with Crippen molar-refractivity contribution in [3.63, 3.8) is 0 Å². The molecule has 1 aromatic rings. The minimum Gasteiger partial charge on any atom is -0.313 e. The van der Waals surface area contributed by atoms with Gasteiger partial charge in [0.15, 0.2) is 0 Å². The molecule has 0 aromatic heterocycles. The van der Waals surface area contributed by atoms with Crippen LogP contribution < -0.4 is 5.32 Å². The number of nitrogens with one attached hydrogen (secondary N) is 1. The Hall–Kier alpha value is -0.890. The van der Waals surface area contributed by atoms with Gasteiger partial charge in [0.2, 0.25) is 0 Å². The molecule has 0 amide bonds. The summed E-state index contributed by atoms with van der Waals surface area (Å²) in [6.07, 6.45) is 10.5. The molecule has 2 aliphatic rings. The van der Waals surface area contributed by atoms with E-state index in [4.69, 9.17) is 0 Å². The highest BCUT2D eigenvalue weighted by Gasteiger charge is 2.34. The van der Waals surface area contributed by atoms with Crippen LogP contribution in [0.3, 0.4) is 0 Å². The lowest BCUT2D eigenvalue weighted by atomic mass is 9.74. The number of rotatable bonds is 4. The predicted octanol–water partition coefficient (Wildman–Crippen LogP) is 4.17. The zero-order valence-corrected chi connectivity index (χ0v) is 11.6. The lowest BCUT2D eigenvalue weighted by Crippen LogP contribution is -2.39. The van der Waals surface area contributed by atoms with Crippen molar-refractivity contribution in [1.29, 1.82) is 0 Å². The summed E-state index contributed by atoms with van der Waals surface area (Å²) in [5, 5.41) is 3.71. The van der Waals surface area contributed by atoms with E-state index in [-0.39, 0.29) is 11.2 Å². The molecule has 1 nitrogen and oxygen atoms in total. The molecule has 0 spiro atoms. The van der Waals surface area contributed by atoms with E-state index in [1.54, 1.807) is 12.1 Å². The van der Waals surface area contributed by atoms with Gasteiger partial charge in [0, 0.05) is 18.0 Å². The minimum atomic E-state index is -0.123. The van der Waals surface area contributed by atoms with Gasteiger partial charge in [-0.1, -0.05) is 37.8 Å². The molecule has 1 aromatic carbocycles. The monoisotopic (exact) mass is 261 g/mol. The summed E-state index contributed by atoms with van der Waals surface area (Å²) in [7, 11) is 0. The Morgan fingerprint density at radius 2 is 1.63 bits per heavy atom. The SMILES string of the molecule is Fc1ccc(C2(CNC3CC3)CCCCCC2)cc1. The fourth-order valence-corrected chi connectivity index (χ4v) is 3.40. The Morgan fingerprint density at radius 1 is 1.00 bits per heavy atom. The van der Waals surface area contributed by atoms with Gasteiger partial charge in [-0.25, -0.2) is 4.39 Å². The van der Waals surface area contributed by atoms with Gasteiger partial charge in [0.05, 0.1) is 0 Å². The van der Waals surface area contributed by atoms with E-state index in [2.05, 4.69) is 5.32 Å². The van der Waals surface area contributed by atoms with Crippen LogP contribution in [0.25, 0.3) is 0 Å². The Bertz CT molecular complexity index is 400. The maximum Gasteiger partial charge on any atom is 0.123 e. The Kier molecular flexibility index (Phi) is 3.88. The first-order valence-corrected chi connectivity index (χ1v) is 7.78. The largest absolute Gasteiger partial charge is 0.313 e. The highest BCUT2D eigenvalue weighted by atomic mass is 19.1. The molecular formula is C17H24FN. The molecule has 0 radical (unpaired) electrons. The average molecular weight is 261 g/mol. The second kappa shape index (κ2) is 5.62. The normalized spacial score (nSPS) is 23.0. The van der Waals surface area contributed by atoms with Crippen LogP contribution in [0.5, 0.6) is 0 Å². The summed E-state index contributed by atoms with van der Waals surface area (Å²) < 4.78 is 13.2. The first-order valence-electron chi connectivity index (χ1n) is 7.78. The molecule has 2 saturated carbocycles. The highest BCUT2D eigenvalue weighted by molar-refractivity contribution is 5.27. The Balaban J connectivity index is 1.82. The smallest absolute Gasteiger partial charge is 0.123 e. The van der Waals surface area contributed by atoms with Crippen LogP contribution in [-0.2, 0) is 5.41 Å². The molecule has 0 heterocycles. The van der Waals surface area contributed by atoms with Crippen LogP contribution in [-0.4, -0.2) is 12.6 Å². The van der Waals surface area contributed by atoms with Crippen molar-refractivity contribution >= 4 is 0 Å². The van der Waals surface area contributed by atoms with Crippen molar-refractivity contribution in [2.75, 3.05) is 6.54 Å². The molecule has 2 heteroatoms. The molecular weight excluding hydrogens is 237 g/mol. The summed E-state index contributed by atoms with van der Waals surface area (Å²) in [4.78, 5) is 0. The van der Waals surface area contributed by atoms with Crippen LogP contribution in [0.4, 0.5) is 4.39 Å². The van der Waals surface area contributed by atoms with Gasteiger partial charge >= 0.3 is 0 Å². The predicted molar refractivity (Wildman–Crippen MR) is 76.8 cm³/mol. The molecule has 0 aliphatic heterocycles. The summed E-state index contributed by atoms with van der Waals surface area (Å²) >= 11 is 0. The van der Waals surface area contributed by atoms with Crippen molar-refractivity contribution in [1.82, 2.24) is 5.32 Å². The number of hydrogen-bond acceptors (Lipinski definition) is 1. The third kappa shape index (κ3) is 3.17. The topological polar surface area (TPSA) is 12.0 Å². The fraction of sp³-hybridized carbons (Fsp3) is 0.647. The van der Waals surface area contributed by atoms with E-state index in [1.807, 2.05) is 12.1 Å². The maximum atomic E-state index is 13.2. The van der Waals surface area contributed by atoms with Gasteiger partial charge in [-0.15, -0.1) is 0 Å². The van der Waals surface area contributed by atoms with Crippen LogP contribution in [0.1, 0.15) is 56.9 Å². The van der Waals surface area contributed by atoms with Crippen LogP contribution in [0, 0.1) is 5.82 Å². The molecule has 2 fully saturated rings. The first kappa shape index (κ1) is 13.1. The van der Waals surface area contributed by atoms with Crippen LogP contribution in [0.2, 0.25) is 0 Å². The van der Waals surface area contributed by atoms with E-state index < -0.39 is 0 Å². The van der Waals surface area contributed by atoms with Gasteiger partial charge in [-0.3, -0.25) is 0 Å². The Labute approximate surface area is 115 Å². The van der Waals surface area contributed by atoms with E-state index in [0.717, 1.165) is 12.6 Å². The summed E-state index contributed by atoms with van der Waals surface area (Å²) in [6.45, 7) is 1.07. The second-order valence-corrected chi connectivity index (χ2v) is 6.36. The average Bonchev–Trinajstić information content (AvgIpc) is 3.25. The van der Waals surface area contributed by atoms with Crippen molar-refractivity contribution < 1.29 is 4.39 Å². The van der Waals surface area contributed by atoms with E-state index in [1.165, 1.54) is 56.9 Å². The molecule has 0 unspecified atom stereocenters. The minimum absolute atomic E-state index is 0.123. The van der Waals surface area contributed by atoms with Gasteiger partial charge in [-0.05, 0) is 43.4 Å². The summed E-state index contributed by atoms with van der Waals surface area (Å²) in [5.74, 6) is -0.123. The molecule has 3 rings (SSSR count). The highest BCUT2D eigenvalue weighted by Crippen LogP contribution is 2.38. The molecule has 104 valence electrons. The zero-order valence-electron chi connectivity index (χ0n) is 11.6. The molecule has 0 bridgehead atoms. The van der Waals surface area contributed by atoms with Crippen LogP contribution in [0.15, 0.2) is 24.3 Å². The summed E-state index contributed by atoms with van der Waals surface area (Å²) in [5.41, 5.74) is 1.58. The van der Waals surface area contributed by atoms with Gasteiger partial charge in [0.25, 0.3) is 0 Å². The number of hydrogen-bond donors (Lipinski definition) is 1. The third-order valence-corrected chi connectivity index (χ3v) is 4.82. The standard InChI is InChI=1S/C17H24FN/c18-15-7-5-14(6-8-15)17(13-19-16-9-10-16)11-3-1-2-4-12-17/h5-8,16,19H,1-4,9-13H2. The van der Waals surface area contributed by atoms with Crippen LogP contribution >= 0.6 is 0 Å². The quantitative estimate of drug-likeness (QED) is 0.802. The van der Waals surface area contributed by atoms with Gasteiger partial charge in [0.1, 0.15) is 5.82 Å².